The molecule has 2 rings (SSSR count). The van der Waals surface area contributed by atoms with Gasteiger partial charge in [0.15, 0.2) is 0 Å². The Balaban J connectivity index is 2.49. The number of alkyl halides is 3. The van der Waals surface area contributed by atoms with Crippen LogP contribution in [0.25, 0.3) is 11.3 Å². The molecule has 0 spiro atoms. The van der Waals surface area contributed by atoms with Crippen LogP contribution in [-0.2, 0) is 6.18 Å². The van der Waals surface area contributed by atoms with E-state index in [0.717, 1.165) is 12.3 Å². The lowest BCUT2D eigenvalue weighted by atomic mass is 10.1. The molecule has 1 aromatic heterocycles. The molecule has 0 unspecified atom stereocenters. The van der Waals surface area contributed by atoms with Gasteiger partial charge in [-0.25, -0.2) is 0 Å². The summed E-state index contributed by atoms with van der Waals surface area (Å²) in [6.45, 7) is 1.71. The zero-order chi connectivity index (χ0) is 14.2. The van der Waals surface area contributed by atoms with E-state index in [0.29, 0.717) is 11.1 Å². The summed E-state index contributed by atoms with van der Waals surface area (Å²) in [6.07, 6.45) is -3.76. The highest BCUT2D eigenvalue weighted by molar-refractivity contribution is 6.33. The van der Waals surface area contributed by atoms with E-state index in [2.05, 4.69) is 4.98 Å². The van der Waals surface area contributed by atoms with E-state index < -0.39 is 11.7 Å². The fourth-order valence-electron chi connectivity index (χ4n) is 1.56. The number of benzene rings is 1. The molecule has 0 fully saturated rings. The molecule has 0 aliphatic rings. The maximum Gasteiger partial charge on any atom is 0.417 e. The topological polar surface area (TPSA) is 33.1 Å². The average molecular weight is 288 g/mol. The van der Waals surface area contributed by atoms with Crippen molar-refractivity contribution in [2.75, 3.05) is 0 Å². The third-order valence-electron chi connectivity index (χ3n) is 2.65. The lowest BCUT2D eigenvalue weighted by Crippen LogP contribution is -2.05. The first-order valence-electron chi connectivity index (χ1n) is 5.32. The fraction of sp³-hybridized carbons (Fsp3) is 0.154. The van der Waals surface area contributed by atoms with Crippen molar-refractivity contribution in [2.45, 2.75) is 13.1 Å². The van der Waals surface area contributed by atoms with Gasteiger partial charge in [0.2, 0.25) is 0 Å². The molecule has 1 N–H and O–H groups in total. The summed E-state index contributed by atoms with van der Waals surface area (Å²) >= 11 is 5.82. The van der Waals surface area contributed by atoms with Gasteiger partial charge in [-0.05, 0) is 24.6 Å². The Hall–Kier alpha value is -1.75. The third-order valence-corrected chi connectivity index (χ3v) is 2.94. The minimum atomic E-state index is -4.48. The van der Waals surface area contributed by atoms with Crippen LogP contribution in [-0.4, -0.2) is 10.1 Å². The number of phenols is 1. The molecule has 19 heavy (non-hydrogen) atoms. The normalized spacial score (nSPS) is 11.6. The van der Waals surface area contributed by atoms with Gasteiger partial charge in [0.05, 0.1) is 16.3 Å². The highest BCUT2D eigenvalue weighted by Crippen LogP contribution is 2.35. The Morgan fingerprint density at radius 3 is 2.42 bits per heavy atom. The number of hydrogen-bond donors (Lipinski definition) is 1. The maximum atomic E-state index is 12.5. The molecule has 100 valence electrons. The molecule has 0 saturated heterocycles. The number of pyridine rings is 1. The zero-order valence-corrected chi connectivity index (χ0v) is 10.5. The molecule has 0 amide bonds. The molecule has 1 heterocycles. The second kappa shape index (κ2) is 4.74. The van der Waals surface area contributed by atoms with Crippen molar-refractivity contribution < 1.29 is 18.3 Å². The summed E-state index contributed by atoms with van der Waals surface area (Å²) in [5.41, 5.74) is 0.413. The van der Waals surface area contributed by atoms with Crippen LogP contribution in [0.1, 0.15) is 11.1 Å². The smallest absolute Gasteiger partial charge is 0.417 e. The minimum absolute atomic E-state index is 0.0373. The van der Waals surface area contributed by atoms with Gasteiger partial charge in [-0.15, -0.1) is 0 Å². The SMILES string of the molecule is Cc1ccc(-c2ncc(C(F)(F)F)cc2Cl)cc1O. The molecular weight excluding hydrogens is 279 g/mol. The molecule has 6 heteroatoms. The van der Waals surface area contributed by atoms with E-state index in [1.54, 1.807) is 19.1 Å². The third kappa shape index (κ3) is 2.81. The minimum Gasteiger partial charge on any atom is -0.508 e. The predicted octanol–water partition coefficient (Wildman–Crippen LogP) is 4.43. The quantitative estimate of drug-likeness (QED) is 0.841. The summed E-state index contributed by atoms with van der Waals surface area (Å²) in [4.78, 5) is 3.72. The van der Waals surface area contributed by atoms with Crippen LogP contribution in [0, 0.1) is 6.92 Å². The van der Waals surface area contributed by atoms with Crippen LogP contribution in [0.3, 0.4) is 0 Å². The summed E-state index contributed by atoms with van der Waals surface area (Å²) in [6, 6.07) is 5.51. The molecule has 1 aromatic carbocycles. The number of rotatable bonds is 1. The average Bonchev–Trinajstić information content (AvgIpc) is 2.31. The molecule has 0 atom stereocenters. The lowest BCUT2D eigenvalue weighted by molar-refractivity contribution is -0.137. The van der Waals surface area contributed by atoms with Gasteiger partial charge in [-0.3, -0.25) is 4.98 Å². The van der Waals surface area contributed by atoms with Gasteiger partial charge < -0.3 is 5.11 Å². The number of aromatic hydroxyl groups is 1. The first-order chi connectivity index (χ1) is 8.79. The number of aromatic nitrogens is 1. The first kappa shape index (κ1) is 13.7. The summed E-state index contributed by atoms with van der Waals surface area (Å²) in [5.74, 6) is 0.0373. The van der Waals surface area contributed by atoms with Crippen LogP contribution in [0.2, 0.25) is 5.02 Å². The van der Waals surface area contributed by atoms with Crippen molar-refractivity contribution >= 4 is 11.6 Å². The van der Waals surface area contributed by atoms with Gasteiger partial charge in [0.25, 0.3) is 0 Å². The van der Waals surface area contributed by atoms with Gasteiger partial charge >= 0.3 is 6.18 Å². The monoisotopic (exact) mass is 287 g/mol. The Labute approximate surface area is 112 Å². The second-order valence-corrected chi connectivity index (χ2v) is 4.46. The van der Waals surface area contributed by atoms with Crippen molar-refractivity contribution in [1.29, 1.82) is 0 Å². The first-order valence-corrected chi connectivity index (χ1v) is 5.69. The highest BCUT2D eigenvalue weighted by atomic mass is 35.5. The highest BCUT2D eigenvalue weighted by Gasteiger charge is 2.31. The zero-order valence-electron chi connectivity index (χ0n) is 9.79. The Morgan fingerprint density at radius 2 is 1.89 bits per heavy atom. The number of aryl methyl sites for hydroxylation is 1. The van der Waals surface area contributed by atoms with E-state index in [-0.39, 0.29) is 16.5 Å². The molecule has 2 aromatic rings. The molecule has 0 saturated carbocycles. The van der Waals surface area contributed by atoms with E-state index in [9.17, 15) is 18.3 Å². The molecule has 0 aliphatic heterocycles. The summed E-state index contributed by atoms with van der Waals surface area (Å²) < 4.78 is 37.4. The molecule has 2 nitrogen and oxygen atoms in total. The van der Waals surface area contributed by atoms with E-state index in [1.165, 1.54) is 6.07 Å². The fourth-order valence-corrected chi connectivity index (χ4v) is 1.84. The van der Waals surface area contributed by atoms with Crippen molar-refractivity contribution in [3.8, 4) is 17.0 Å². The van der Waals surface area contributed by atoms with Crippen molar-refractivity contribution in [1.82, 2.24) is 4.98 Å². The predicted molar refractivity (Wildman–Crippen MR) is 66.1 cm³/mol. The lowest BCUT2D eigenvalue weighted by Gasteiger charge is -2.10. The van der Waals surface area contributed by atoms with E-state index in [4.69, 9.17) is 11.6 Å². The number of halogens is 4. The van der Waals surface area contributed by atoms with Crippen molar-refractivity contribution in [2.24, 2.45) is 0 Å². The molecule has 0 radical (unpaired) electrons. The van der Waals surface area contributed by atoms with Gasteiger partial charge in [0.1, 0.15) is 5.75 Å². The Morgan fingerprint density at radius 1 is 1.21 bits per heavy atom. The van der Waals surface area contributed by atoms with Crippen LogP contribution >= 0.6 is 11.6 Å². The molecule has 0 aliphatic carbocycles. The second-order valence-electron chi connectivity index (χ2n) is 4.05. The van der Waals surface area contributed by atoms with Crippen LogP contribution in [0.4, 0.5) is 13.2 Å². The Bertz CT molecular complexity index is 626. The maximum absolute atomic E-state index is 12.5. The van der Waals surface area contributed by atoms with E-state index >= 15 is 0 Å². The van der Waals surface area contributed by atoms with Crippen LogP contribution < -0.4 is 0 Å². The number of hydrogen-bond acceptors (Lipinski definition) is 2. The summed E-state index contributed by atoms with van der Waals surface area (Å²) in [5, 5.41) is 9.47. The van der Waals surface area contributed by atoms with E-state index in [1.807, 2.05) is 0 Å². The Kier molecular flexibility index (Phi) is 3.41. The van der Waals surface area contributed by atoms with Crippen LogP contribution in [0.15, 0.2) is 30.5 Å². The van der Waals surface area contributed by atoms with Crippen LogP contribution in [0.5, 0.6) is 5.75 Å². The number of nitrogens with zero attached hydrogens (tertiary/aromatic N) is 1. The molecule has 0 bridgehead atoms. The largest absolute Gasteiger partial charge is 0.508 e. The number of phenolic OH excluding ortho intramolecular Hbond substituents is 1. The summed E-state index contributed by atoms with van der Waals surface area (Å²) in [7, 11) is 0. The van der Waals surface area contributed by atoms with Crippen molar-refractivity contribution in [3.63, 3.8) is 0 Å². The van der Waals surface area contributed by atoms with Gasteiger partial charge in [-0.2, -0.15) is 13.2 Å². The van der Waals surface area contributed by atoms with Gasteiger partial charge in [-0.1, -0.05) is 23.7 Å². The van der Waals surface area contributed by atoms with Crippen molar-refractivity contribution in [3.05, 3.63) is 46.6 Å². The van der Waals surface area contributed by atoms with Gasteiger partial charge in [0, 0.05) is 11.8 Å². The standard InChI is InChI=1S/C13H9ClF3NO/c1-7-2-3-8(4-11(7)19)12-10(14)5-9(6-18-12)13(15,16)17/h2-6,19H,1H3. The molecular formula is C13H9ClF3NO.